The number of amides is 1. The molecule has 0 unspecified atom stereocenters. The van der Waals surface area contributed by atoms with E-state index in [0.717, 1.165) is 16.5 Å². The molecule has 1 amide bonds. The van der Waals surface area contributed by atoms with E-state index < -0.39 is 10.8 Å². The van der Waals surface area contributed by atoms with E-state index in [2.05, 4.69) is 5.32 Å². The molecule has 0 spiro atoms. The Labute approximate surface area is 188 Å². The van der Waals surface area contributed by atoms with Crippen LogP contribution in [0.1, 0.15) is 11.1 Å². The third kappa shape index (κ3) is 4.78. The van der Waals surface area contributed by atoms with Gasteiger partial charge in [-0.3, -0.25) is 14.9 Å². The van der Waals surface area contributed by atoms with Crippen LogP contribution >= 0.6 is 0 Å². The molecule has 0 saturated heterocycles. The van der Waals surface area contributed by atoms with Crippen LogP contribution in [0.15, 0.2) is 84.6 Å². The maximum absolute atomic E-state index is 13.2. The predicted octanol–water partition coefficient (Wildman–Crippen LogP) is 5.28. The Balaban J connectivity index is 1.66. The van der Waals surface area contributed by atoms with Gasteiger partial charge in [-0.25, -0.2) is 4.39 Å². The number of carbonyl (C=O) groups excluding carboxylic acids is 1. The first-order chi connectivity index (χ1) is 15.9. The van der Waals surface area contributed by atoms with Crippen molar-refractivity contribution in [2.24, 2.45) is 0 Å². The second kappa shape index (κ2) is 9.16. The number of para-hydroxylation sites is 1. The number of nitro benzene ring substituents is 1. The molecule has 0 atom stereocenters. The van der Waals surface area contributed by atoms with E-state index in [1.54, 1.807) is 12.1 Å². The van der Waals surface area contributed by atoms with Crippen LogP contribution in [0.2, 0.25) is 0 Å². The van der Waals surface area contributed by atoms with Crippen LogP contribution in [0.5, 0.6) is 0 Å². The second-order valence-corrected chi connectivity index (χ2v) is 7.29. The van der Waals surface area contributed by atoms with Gasteiger partial charge < -0.3 is 9.88 Å². The predicted molar refractivity (Wildman–Crippen MR) is 123 cm³/mol. The highest BCUT2D eigenvalue weighted by atomic mass is 19.1. The lowest BCUT2D eigenvalue weighted by atomic mass is 10.1. The van der Waals surface area contributed by atoms with Crippen molar-refractivity contribution in [2.75, 3.05) is 5.32 Å². The number of fused-ring (bicyclic) bond motifs is 1. The molecule has 0 radical (unpaired) electrons. The van der Waals surface area contributed by atoms with Crippen LogP contribution in [-0.4, -0.2) is 15.4 Å². The summed E-state index contributed by atoms with van der Waals surface area (Å²) in [6.07, 6.45) is 3.31. The maximum atomic E-state index is 13.2. The number of anilines is 1. The van der Waals surface area contributed by atoms with Crippen LogP contribution in [0, 0.1) is 27.3 Å². The van der Waals surface area contributed by atoms with Gasteiger partial charge in [0, 0.05) is 47.0 Å². The molecular formula is C25H17FN4O3. The van der Waals surface area contributed by atoms with E-state index in [4.69, 9.17) is 0 Å². The highest BCUT2D eigenvalue weighted by Crippen LogP contribution is 2.25. The molecule has 4 rings (SSSR count). The SMILES string of the molecule is N#C/C(=C\c1cn(Cc2ccc(F)cc2)c2ccccc12)C(=O)Nc1cccc([N+](=O)[O-])c1. The summed E-state index contributed by atoms with van der Waals surface area (Å²) in [4.78, 5) is 23.1. The minimum absolute atomic E-state index is 0.147. The largest absolute Gasteiger partial charge is 0.342 e. The van der Waals surface area contributed by atoms with Gasteiger partial charge >= 0.3 is 0 Å². The zero-order valence-corrected chi connectivity index (χ0v) is 17.2. The number of benzene rings is 3. The zero-order chi connectivity index (χ0) is 23.4. The molecule has 1 aromatic heterocycles. The van der Waals surface area contributed by atoms with Crippen molar-refractivity contribution in [3.05, 3.63) is 112 Å². The molecule has 1 N–H and O–H groups in total. The Bertz CT molecular complexity index is 1430. The quantitative estimate of drug-likeness (QED) is 0.191. The van der Waals surface area contributed by atoms with E-state index in [0.29, 0.717) is 12.1 Å². The van der Waals surface area contributed by atoms with Crippen LogP contribution in [-0.2, 0) is 11.3 Å². The number of non-ortho nitro benzene ring substituents is 1. The number of nitriles is 1. The van der Waals surface area contributed by atoms with Gasteiger partial charge in [0.1, 0.15) is 17.5 Å². The van der Waals surface area contributed by atoms with Gasteiger partial charge in [-0.05, 0) is 35.9 Å². The van der Waals surface area contributed by atoms with Crippen molar-refractivity contribution < 1.29 is 14.1 Å². The monoisotopic (exact) mass is 440 g/mol. The van der Waals surface area contributed by atoms with Gasteiger partial charge in [0.05, 0.1) is 4.92 Å². The Morgan fingerprint density at radius 2 is 1.88 bits per heavy atom. The number of hydrogen-bond acceptors (Lipinski definition) is 4. The van der Waals surface area contributed by atoms with Gasteiger partial charge in [0.2, 0.25) is 0 Å². The van der Waals surface area contributed by atoms with E-state index in [9.17, 15) is 24.6 Å². The molecule has 0 aliphatic rings. The lowest BCUT2D eigenvalue weighted by Crippen LogP contribution is -2.13. The summed E-state index contributed by atoms with van der Waals surface area (Å²) in [5, 5.41) is 23.9. The van der Waals surface area contributed by atoms with Crippen LogP contribution in [0.4, 0.5) is 15.8 Å². The van der Waals surface area contributed by atoms with Gasteiger partial charge in [0.25, 0.3) is 11.6 Å². The Hall–Kier alpha value is -4.77. The fourth-order valence-electron chi connectivity index (χ4n) is 3.51. The fourth-order valence-corrected chi connectivity index (χ4v) is 3.51. The molecule has 1 heterocycles. The third-order valence-corrected chi connectivity index (χ3v) is 5.07. The molecule has 8 heteroatoms. The summed E-state index contributed by atoms with van der Waals surface area (Å²) < 4.78 is 15.2. The molecule has 33 heavy (non-hydrogen) atoms. The van der Waals surface area contributed by atoms with Gasteiger partial charge in [-0.1, -0.05) is 36.4 Å². The number of nitrogens with zero attached hydrogens (tertiary/aromatic N) is 3. The molecule has 0 fully saturated rings. The zero-order valence-electron chi connectivity index (χ0n) is 17.2. The molecule has 0 saturated carbocycles. The topological polar surface area (TPSA) is 101 Å². The molecule has 162 valence electrons. The first-order valence-electron chi connectivity index (χ1n) is 9.94. The van der Waals surface area contributed by atoms with E-state index >= 15 is 0 Å². The van der Waals surface area contributed by atoms with E-state index in [1.165, 1.54) is 42.5 Å². The van der Waals surface area contributed by atoms with Crippen molar-refractivity contribution >= 4 is 34.3 Å². The lowest BCUT2D eigenvalue weighted by Gasteiger charge is -2.05. The maximum Gasteiger partial charge on any atom is 0.271 e. The van der Waals surface area contributed by atoms with Crippen molar-refractivity contribution in [1.29, 1.82) is 5.26 Å². The smallest absolute Gasteiger partial charge is 0.271 e. The summed E-state index contributed by atoms with van der Waals surface area (Å²) in [7, 11) is 0. The van der Waals surface area contributed by atoms with Crippen molar-refractivity contribution in [1.82, 2.24) is 4.57 Å². The van der Waals surface area contributed by atoms with Crippen molar-refractivity contribution in [3.8, 4) is 6.07 Å². The Morgan fingerprint density at radius 3 is 2.61 bits per heavy atom. The van der Waals surface area contributed by atoms with E-state index in [-0.39, 0.29) is 22.8 Å². The number of nitro groups is 1. The standard InChI is InChI=1S/C25H17FN4O3/c26-20-10-8-17(9-11-20)15-29-16-19(23-6-1-2-7-24(23)29)12-18(14-27)25(31)28-21-4-3-5-22(13-21)30(32)33/h1-13,16H,15H2,(H,28,31)/b18-12+. The molecular weight excluding hydrogens is 423 g/mol. The normalized spacial score (nSPS) is 11.2. The van der Waals surface area contributed by atoms with Gasteiger partial charge in [0.15, 0.2) is 0 Å². The van der Waals surface area contributed by atoms with Crippen molar-refractivity contribution in [2.45, 2.75) is 6.54 Å². The molecule has 0 aliphatic carbocycles. The first kappa shape index (κ1) is 21.5. The minimum atomic E-state index is -0.673. The van der Waals surface area contributed by atoms with Crippen molar-refractivity contribution in [3.63, 3.8) is 0 Å². The summed E-state index contributed by atoms with van der Waals surface area (Å²) >= 11 is 0. The Kier molecular flexibility index (Phi) is 5.96. The van der Waals surface area contributed by atoms with Gasteiger partial charge in [-0.15, -0.1) is 0 Å². The van der Waals surface area contributed by atoms with Gasteiger partial charge in [-0.2, -0.15) is 5.26 Å². The first-order valence-corrected chi connectivity index (χ1v) is 9.94. The molecule has 7 nitrogen and oxygen atoms in total. The van der Waals surface area contributed by atoms with Crippen LogP contribution in [0.25, 0.3) is 17.0 Å². The fraction of sp³-hybridized carbons (Fsp3) is 0.0400. The molecule has 0 bridgehead atoms. The van der Waals surface area contributed by atoms with Crippen LogP contribution < -0.4 is 5.32 Å². The molecule has 4 aromatic rings. The number of rotatable bonds is 6. The number of hydrogen-bond donors (Lipinski definition) is 1. The molecule has 3 aromatic carbocycles. The molecule has 0 aliphatic heterocycles. The summed E-state index contributed by atoms with van der Waals surface area (Å²) in [5.74, 6) is -0.985. The third-order valence-electron chi connectivity index (χ3n) is 5.07. The summed E-state index contributed by atoms with van der Waals surface area (Å²) in [6, 6.07) is 21.1. The highest BCUT2D eigenvalue weighted by Gasteiger charge is 2.14. The van der Waals surface area contributed by atoms with E-state index in [1.807, 2.05) is 41.1 Å². The minimum Gasteiger partial charge on any atom is -0.342 e. The highest BCUT2D eigenvalue weighted by molar-refractivity contribution is 6.10. The summed E-state index contributed by atoms with van der Waals surface area (Å²) in [5.41, 5.74) is 2.36. The average molecular weight is 440 g/mol. The number of aromatic nitrogens is 1. The second-order valence-electron chi connectivity index (χ2n) is 7.29. The van der Waals surface area contributed by atoms with Crippen LogP contribution in [0.3, 0.4) is 0 Å². The summed E-state index contributed by atoms with van der Waals surface area (Å²) in [6.45, 7) is 0.483. The number of nitrogens with one attached hydrogen (secondary N) is 1. The number of halogens is 1. The average Bonchev–Trinajstić information content (AvgIpc) is 3.16. The lowest BCUT2D eigenvalue weighted by molar-refractivity contribution is -0.384. The Morgan fingerprint density at radius 1 is 1.12 bits per heavy atom. The number of carbonyl (C=O) groups is 1.